The van der Waals surface area contributed by atoms with Crippen molar-refractivity contribution in [2.45, 2.75) is 37.4 Å². The normalized spacial score (nSPS) is 15.1. The third kappa shape index (κ3) is 3.86. The highest BCUT2D eigenvalue weighted by Crippen LogP contribution is 2.30. The van der Waals surface area contributed by atoms with Gasteiger partial charge in [-0.2, -0.15) is 0 Å². The van der Waals surface area contributed by atoms with Crippen molar-refractivity contribution in [3.05, 3.63) is 58.4 Å². The summed E-state index contributed by atoms with van der Waals surface area (Å²) < 4.78 is 29.6. The van der Waals surface area contributed by atoms with Gasteiger partial charge in [0.05, 0.1) is 12.4 Å². The second-order valence-electron chi connectivity index (χ2n) is 6.40. The van der Waals surface area contributed by atoms with Gasteiger partial charge in [0, 0.05) is 16.0 Å². The molecule has 2 aromatic rings. The lowest BCUT2D eigenvalue weighted by atomic mass is 10.1. The molecule has 0 saturated heterocycles. The third-order valence-corrected chi connectivity index (χ3v) is 5.53. The molecule has 26 heavy (non-hydrogen) atoms. The molecule has 2 aliphatic rings. The number of carbonyl (C=O) groups excluding carboxylic acids is 1. The summed E-state index contributed by atoms with van der Waals surface area (Å²) in [6.07, 6.45) is 3.46. The van der Waals surface area contributed by atoms with Crippen LogP contribution in [0.4, 0.5) is 4.39 Å². The lowest BCUT2D eigenvalue weighted by molar-refractivity contribution is -0.141. The maximum atomic E-state index is 13.7. The van der Waals surface area contributed by atoms with Gasteiger partial charge in [0.2, 0.25) is 0 Å². The van der Waals surface area contributed by atoms with Crippen molar-refractivity contribution >= 4 is 17.7 Å². The zero-order valence-electron chi connectivity index (χ0n) is 14.3. The van der Waals surface area contributed by atoms with Crippen molar-refractivity contribution in [2.24, 2.45) is 0 Å². The fourth-order valence-corrected chi connectivity index (χ4v) is 4.10. The van der Waals surface area contributed by atoms with E-state index in [9.17, 15) is 9.18 Å². The molecule has 6 heteroatoms. The largest absolute Gasteiger partial charge is 0.467 e. The summed E-state index contributed by atoms with van der Waals surface area (Å²) in [5.74, 6) is 0.0500. The first-order valence-corrected chi connectivity index (χ1v) is 9.59. The van der Waals surface area contributed by atoms with E-state index in [0.717, 1.165) is 17.7 Å². The Morgan fingerprint density at radius 1 is 1.15 bits per heavy atom. The van der Waals surface area contributed by atoms with Crippen LogP contribution in [0.15, 0.2) is 35.2 Å². The molecular weight excluding hydrogens is 355 g/mol. The molecule has 1 aliphatic heterocycles. The topological polar surface area (TPSA) is 44.8 Å². The van der Waals surface area contributed by atoms with E-state index >= 15 is 0 Å². The van der Waals surface area contributed by atoms with E-state index in [1.165, 1.54) is 41.4 Å². The van der Waals surface area contributed by atoms with Gasteiger partial charge in [-0.1, -0.05) is 6.07 Å². The molecule has 1 heterocycles. The Balaban J connectivity index is 1.34. The maximum absolute atomic E-state index is 13.7. The van der Waals surface area contributed by atoms with Crippen LogP contribution >= 0.6 is 11.8 Å². The molecule has 0 spiro atoms. The van der Waals surface area contributed by atoms with Gasteiger partial charge in [0.1, 0.15) is 18.2 Å². The van der Waals surface area contributed by atoms with E-state index in [2.05, 4.69) is 18.2 Å². The summed E-state index contributed by atoms with van der Waals surface area (Å²) in [6, 6.07) is 9.08. The van der Waals surface area contributed by atoms with Crippen LogP contribution in [0.2, 0.25) is 0 Å². The molecule has 0 fully saturated rings. The van der Waals surface area contributed by atoms with Crippen molar-refractivity contribution < 1.29 is 23.4 Å². The summed E-state index contributed by atoms with van der Waals surface area (Å²) in [5, 5.41) is 0. The van der Waals surface area contributed by atoms with Gasteiger partial charge < -0.3 is 14.2 Å². The van der Waals surface area contributed by atoms with Crippen molar-refractivity contribution in [2.75, 3.05) is 12.5 Å². The number of aryl methyl sites for hydroxylation is 2. The molecule has 0 N–H and O–H groups in total. The molecule has 0 saturated carbocycles. The minimum Gasteiger partial charge on any atom is -0.467 e. The van der Waals surface area contributed by atoms with E-state index < -0.39 is 5.82 Å². The van der Waals surface area contributed by atoms with Gasteiger partial charge in [-0.05, 0) is 54.7 Å². The van der Waals surface area contributed by atoms with Gasteiger partial charge >= 0.3 is 5.97 Å². The number of ether oxygens (including phenoxy) is 3. The van der Waals surface area contributed by atoms with Crippen LogP contribution in [0.1, 0.15) is 28.7 Å². The summed E-state index contributed by atoms with van der Waals surface area (Å²) in [4.78, 5) is 13.1. The van der Waals surface area contributed by atoms with E-state index in [0.29, 0.717) is 23.5 Å². The Morgan fingerprint density at radius 3 is 2.96 bits per heavy atom. The number of carbonyl (C=O) groups is 1. The van der Waals surface area contributed by atoms with Crippen molar-refractivity contribution in [3.8, 4) is 5.75 Å². The highest BCUT2D eigenvalue weighted by atomic mass is 32.2. The van der Waals surface area contributed by atoms with Gasteiger partial charge in [0.15, 0.2) is 6.79 Å². The van der Waals surface area contributed by atoms with Crippen LogP contribution in [-0.4, -0.2) is 18.5 Å². The van der Waals surface area contributed by atoms with Gasteiger partial charge in [-0.15, -0.1) is 11.8 Å². The zero-order chi connectivity index (χ0) is 17.9. The molecule has 0 radical (unpaired) electrons. The number of fused-ring (bicyclic) bond motifs is 2. The van der Waals surface area contributed by atoms with E-state index in [1.807, 2.05) is 0 Å². The Hall–Kier alpha value is -2.05. The molecule has 136 valence electrons. The van der Waals surface area contributed by atoms with Crippen LogP contribution in [0, 0.1) is 5.82 Å². The Morgan fingerprint density at radius 2 is 2.04 bits per heavy atom. The summed E-state index contributed by atoms with van der Waals surface area (Å²) in [5.41, 5.74) is 3.96. The molecular formula is C20H19FO4S. The zero-order valence-corrected chi connectivity index (χ0v) is 15.1. The molecule has 0 aromatic heterocycles. The molecule has 0 unspecified atom stereocenters. The number of benzene rings is 2. The second-order valence-corrected chi connectivity index (χ2v) is 7.45. The maximum Gasteiger partial charge on any atom is 0.316 e. The van der Waals surface area contributed by atoms with Crippen molar-refractivity contribution in [3.63, 3.8) is 0 Å². The first-order valence-electron chi connectivity index (χ1n) is 8.61. The monoisotopic (exact) mass is 374 g/mol. The number of esters is 1. The first-order chi connectivity index (χ1) is 12.7. The number of rotatable bonds is 5. The molecule has 4 rings (SSSR count). The smallest absolute Gasteiger partial charge is 0.316 e. The minimum atomic E-state index is -0.392. The predicted molar refractivity (Wildman–Crippen MR) is 95.7 cm³/mol. The lowest BCUT2D eigenvalue weighted by Crippen LogP contribution is -2.15. The third-order valence-electron chi connectivity index (χ3n) is 4.57. The van der Waals surface area contributed by atoms with Gasteiger partial charge in [0.25, 0.3) is 0 Å². The van der Waals surface area contributed by atoms with Crippen LogP contribution in [-0.2, 0) is 40.3 Å². The number of hydrogen-bond acceptors (Lipinski definition) is 5. The van der Waals surface area contributed by atoms with E-state index in [-0.39, 0.29) is 25.1 Å². The highest BCUT2D eigenvalue weighted by molar-refractivity contribution is 8.00. The van der Waals surface area contributed by atoms with Crippen molar-refractivity contribution in [1.29, 1.82) is 0 Å². The number of hydrogen-bond donors (Lipinski definition) is 0. The molecule has 2 aromatic carbocycles. The van der Waals surface area contributed by atoms with Crippen LogP contribution < -0.4 is 4.74 Å². The first kappa shape index (κ1) is 17.4. The van der Waals surface area contributed by atoms with Crippen LogP contribution in [0.5, 0.6) is 5.75 Å². The second kappa shape index (κ2) is 7.68. The Bertz CT molecular complexity index is 837. The number of halogens is 1. The minimum absolute atomic E-state index is 0.0102. The van der Waals surface area contributed by atoms with Crippen molar-refractivity contribution in [1.82, 2.24) is 0 Å². The van der Waals surface area contributed by atoms with E-state index in [1.54, 1.807) is 0 Å². The highest BCUT2D eigenvalue weighted by Gasteiger charge is 2.18. The van der Waals surface area contributed by atoms with E-state index in [4.69, 9.17) is 14.2 Å². The van der Waals surface area contributed by atoms with Crippen LogP contribution in [0.3, 0.4) is 0 Å². The molecule has 0 bridgehead atoms. The predicted octanol–water partition coefficient (Wildman–Crippen LogP) is 4.02. The average Bonchev–Trinajstić information content (AvgIpc) is 3.12. The molecule has 1 aliphatic carbocycles. The summed E-state index contributed by atoms with van der Waals surface area (Å²) >= 11 is 1.46. The quantitative estimate of drug-likeness (QED) is 0.584. The number of thioether (sulfide) groups is 1. The fraction of sp³-hybridized carbons (Fsp3) is 0.350. The standard InChI is InChI=1S/C20H19FO4S/c21-17-6-15-9-23-12-25-20(15)16(7-17)10-24-19(22)11-26-18-5-4-13-2-1-3-14(13)8-18/h4-8H,1-3,9-12H2. The lowest BCUT2D eigenvalue weighted by Gasteiger charge is -2.20. The Kier molecular flexibility index (Phi) is 5.13. The van der Waals surface area contributed by atoms with Gasteiger partial charge in [-0.3, -0.25) is 4.79 Å². The average molecular weight is 374 g/mol. The SMILES string of the molecule is O=C(CSc1ccc2c(c1)CCC2)OCc1cc(F)cc2c1OCOC2. The fourth-order valence-electron chi connectivity index (χ4n) is 3.34. The summed E-state index contributed by atoms with van der Waals surface area (Å²) in [7, 11) is 0. The molecule has 0 atom stereocenters. The molecule has 0 amide bonds. The summed E-state index contributed by atoms with van der Waals surface area (Å²) in [6.45, 7) is 0.402. The molecule has 4 nitrogen and oxygen atoms in total. The van der Waals surface area contributed by atoms with Crippen LogP contribution in [0.25, 0.3) is 0 Å². The van der Waals surface area contributed by atoms with Gasteiger partial charge in [-0.25, -0.2) is 4.39 Å². The Labute approximate surface area is 155 Å².